The highest BCUT2D eigenvalue weighted by Gasteiger charge is 2.32. The maximum atomic E-state index is 13.6. The average Bonchev–Trinajstić information content (AvgIpc) is 2.83. The molecule has 1 saturated heterocycles. The number of likely N-dealkylation sites (N-methyl/N-ethyl adjacent to an activating group) is 1. The molecule has 0 amide bonds. The van der Waals surface area contributed by atoms with Gasteiger partial charge < -0.3 is 9.64 Å². The fourth-order valence-corrected chi connectivity index (χ4v) is 2.16. The van der Waals surface area contributed by atoms with Crippen molar-refractivity contribution in [3.8, 4) is 0 Å². The first kappa shape index (κ1) is 11.3. The van der Waals surface area contributed by atoms with E-state index in [1.165, 1.54) is 0 Å². The standard InChI is InChI=1S/C13H14FN3O/c1-17(12-8-18-7-9(12)14)13-6-15-10-4-2-3-5-11(10)16-13/h2-6,9,12H,7-8H2,1H3/t9-,12-/m1/s1. The molecule has 1 aromatic carbocycles. The highest BCUT2D eigenvalue weighted by Crippen LogP contribution is 2.21. The van der Waals surface area contributed by atoms with Crippen LogP contribution in [0.5, 0.6) is 0 Å². The van der Waals surface area contributed by atoms with E-state index in [1.54, 1.807) is 11.1 Å². The maximum Gasteiger partial charge on any atom is 0.148 e. The van der Waals surface area contributed by atoms with Crippen molar-refractivity contribution in [1.82, 2.24) is 9.97 Å². The number of nitrogens with zero attached hydrogens (tertiary/aromatic N) is 3. The SMILES string of the molecule is CN(c1cnc2ccccc2n1)[C@@H]1COC[C@H]1F. The van der Waals surface area contributed by atoms with E-state index in [0.717, 1.165) is 11.0 Å². The molecular formula is C13H14FN3O. The first-order valence-corrected chi connectivity index (χ1v) is 5.92. The lowest BCUT2D eigenvalue weighted by molar-refractivity contribution is 0.173. The van der Waals surface area contributed by atoms with Crippen molar-refractivity contribution in [2.45, 2.75) is 12.2 Å². The van der Waals surface area contributed by atoms with Crippen LogP contribution >= 0.6 is 0 Å². The van der Waals surface area contributed by atoms with Crippen LogP contribution in [0.1, 0.15) is 0 Å². The number of fused-ring (bicyclic) bond motifs is 1. The van der Waals surface area contributed by atoms with Gasteiger partial charge in [-0.15, -0.1) is 0 Å². The summed E-state index contributed by atoms with van der Waals surface area (Å²) in [5.74, 6) is 0.673. The summed E-state index contributed by atoms with van der Waals surface area (Å²) in [5, 5.41) is 0. The molecule has 0 spiro atoms. The Morgan fingerprint density at radius 2 is 2.06 bits per heavy atom. The Morgan fingerprint density at radius 3 is 2.78 bits per heavy atom. The lowest BCUT2D eigenvalue weighted by atomic mass is 10.2. The Morgan fingerprint density at radius 1 is 1.28 bits per heavy atom. The topological polar surface area (TPSA) is 38.2 Å². The van der Waals surface area contributed by atoms with Crippen molar-refractivity contribution in [2.75, 3.05) is 25.2 Å². The van der Waals surface area contributed by atoms with E-state index in [1.807, 2.05) is 31.3 Å². The summed E-state index contributed by atoms with van der Waals surface area (Å²) in [6.07, 6.45) is 0.705. The number of benzene rings is 1. The third-order valence-corrected chi connectivity index (χ3v) is 3.28. The molecule has 0 N–H and O–H groups in total. The van der Waals surface area contributed by atoms with Gasteiger partial charge in [0.1, 0.15) is 12.0 Å². The zero-order chi connectivity index (χ0) is 12.5. The fraction of sp³-hybridized carbons (Fsp3) is 0.385. The van der Waals surface area contributed by atoms with Gasteiger partial charge in [-0.2, -0.15) is 0 Å². The van der Waals surface area contributed by atoms with Crippen LogP contribution in [0.3, 0.4) is 0 Å². The van der Waals surface area contributed by atoms with Crippen LogP contribution in [0.15, 0.2) is 30.5 Å². The normalized spacial score (nSPS) is 23.4. The highest BCUT2D eigenvalue weighted by atomic mass is 19.1. The molecule has 0 saturated carbocycles. The summed E-state index contributed by atoms with van der Waals surface area (Å²) < 4.78 is 18.8. The molecule has 3 rings (SSSR count). The Labute approximate surface area is 104 Å². The Bertz CT molecular complexity index is 563. The molecule has 1 aromatic heterocycles. The molecule has 18 heavy (non-hydrogen) atoms. The smallest absolute Gasteiger partial charge is 0.148 e. The lowest BCUT2D eigenvalue weighted by Crippen LogP contribution is -2.39. The van der Waals surface area contributed by atoms with E-state index in [2.05, 4.69) is 9.97 Å². The monoisotopic (exact) mass is 247 g/mol. The van der Waals surface area contributed by atoms with Gasteiger partial charge in [-0.1, -0.05) is 12.1 Å². The van der Waals surface area contributed by atoms with Gasteiger partial charge in [-0.3, -0.25) is 4.98 Å². The number of hydrogen-bond donors (Lipinski definition) is 0. The van der Waals surface area contributed by atoms with Crippen LogP contribution in [0.25, 0.3) is 11.0 Å². The second kappa shape index (κ2) is 4.49. The molecule has 0 radical (unpaired) electrons. The maximum absolute atomic E-state index is 13.6. The third-order valence-electron chi connectivity index (χ3n) is 3.28. The van der Waals surface area contributed by atoms with E-state index in [-0.39, 0.29) is 12.6 Å². The van der Waals surface area contributed by atoms with Crippen molar-refractivity contribution in [3.63, 3.8) is 0 Å². The number of aromatic nitrogens is 2. The van der Waals surface area contributed by atoms with Gasteiger partial charge in [0.15, 0.2) is 0 Å². The van der Waals surface area contributed by atoms with Crippen LogP contribution in [0.2, 0.25) is 0 Å². The minimum atomic E-state index is -0.969. The van der Waals surface area contributed by atoms with Crippen molar-refractivity contribution >= 4 is 16.9 Å². The number of para-hydroxylation sites is 2. The molecule has 4 nitrogen and oxygen atoms in total. The van der Waals surface area contributed by atoms with E-state index in [9.17, 15) is 4.39 Å². The van der Waals surface area contributed by atoms with E-state index in [0.29, 0.717) is 12.4 Å². The zero-order valence-electron chi connectivity index (χ0n) is 10.1. The Hall–Kier alpha value is -1.75. The molecule has 1 fully saturated rings. The molecule has 94 valence electrons. The predicted octanol–water partition coefficient (Wildman–Crippen LogP) is 1.80. The van der Waals surface area contributed by atoms with E-state index < -0.39 is 6.17 Å². The first-order valence-electron chi connectivity index (χ1n) is 5.92. The summed E-state index contributed by atoms with van der Waals surface area (Å²) in [5.41, 5.74) is 1.66. The second-order valence-electron chi connectivity index (χ2n) is 4.45. The lowest BCUT2D eigenvalue weighted by Gasteiger charge is -2.25. The predicted molar refractivity (Wildman–Crippen MR) is 67.4 cm³/mol. The number of ether oxygens (including phenoxy) is 1. The molecule has 0 unspecified atom stereocenters. The van der Waals surface area contributed by atoms with Crippen LogP contribution in [-0.4, -0.2) is 42.4 Å². The minimum Gasteiger partial charge on any atom is -0.376 e. The molecule has 2 aromatic rings. The first-order chi connectivity index (χ1) is 8.75. The largest absolute Gasteiger partial charge is 0.376 e. The van der Waals surface area contributed by atoms with E-state index >= 15 is 0 Å². The van der Waals surface area contributed by atoms with E-state index in [4.69, 9.17) is 4.74 Å². The van der Waals surface area contributed by atoms with Gasteiger partial charge in [0.2, 0.25) is 0 Å². The van der Waals surface area contributed by atoms with Gasteiger partial charge in [-0.05, 0) is 12.1 Å². The molecule has 2 atom stereocenters. The van der Waals surface area contributed by atoms with Gasteiger partial charge in [-0.25, -0.2) is 9.37 Å². The van der Waals surface area contributed by atoms with Crippen molar-refractivity contribution < 1.29 is 9.13 Å². The number of halogens is 1. The Kier molecular flexibility index (Phi) is 2.83. The Balaban J connectivity index is 1.93. The molecule has 2 heterocycles. The van der Waals surface area contributed by atoms with Crippen LogP contribution in [0, 0.1) is 0 Å². The quantitative estimate of drug-likeness (QED) is 0.811. The molecule has 5 heteroatoms. The van der Waals surface area contributed by atoms with Gasteiger partial charge in [0, 0.05) is 7.05 Å². The molecule has 1 aliphatic rings. The van der Waals surface area contributed by atoms with Crippen molar-refractivity contribution in [1.29, 1.82) is 0 Å². The average molecular weight is 247 g/mol. The van der Waals surface area contributed by atoms with Crippen LogP contribution in [0.4, 0.5) is 10.2 Å². The number of rotatable bonds is 2. The molecular weight excluding hydrogens is 233 g/mol. The summed E-state index contributed by atoms with van der Waals surface area (Å²) in [6.45, 7) is 0.558. The summed E-state index contributed by atoms with van der Waals surface area (Å²) in [6, 6.07) is 7.36. The van der Waals surface area contributed by atoms with Crippen LogP contribution in [-0.2, 0) is 4.74 Å². The van der Waals surface area contributed by atoms with Crippen molar-refractivity contribution in [3.05, 3.63) is 30.5 Å². The third kappa shape index (κ3) is 1.90. The number of hydrogen-bond acceptors (Lipinski definition) is 4. The van der Waals surface area contributed by atoms with Gasteiger partial charge in [0.25, 0.3) is 0 Å². The van der Waals surface area contributed by atoms with Gasteiger partial charge in [0.05, 0.1) is 36.5 Å². The van der Waals surface area contributed by atoms with Gasteiger partial charge >= 0.3 is 0 Å². The zero-order valence-corrected chi connectivity index (χ0v) is 10.1. The molecule has 0 aliphatic carbocycles. The van der Waals surface area contributed by atoms with Crippen LogP contribution < -0.4 is 4.90 Å². The summed E-state index contributed by atoms with van der Waals surface area (Å²) in [7, 11) is 1.82. The second-order valence-corrected chi connectivity index (χ2v) is 4.45. The molecule has 1 aliphatic heterocycles. The summed E-state index contributed by atoms with van der Waals surface area (Å²) >= 11 is 0. The summed E-state index contributed by atoms with van der Waals surface area (Å²) in [4.78, 5) is 10.6. The number of alkyl halides is 1. The fourth-order valence-electron chi connectivity index (χ4n) is 2.16. The van der Waals surface area contributed by atoms with Crippen molar-refractivity contribution in [2.24, 2.45) is 0 Å². The number of anilines is 1. The highest BCUT2D eigenvalue weighted by molar-refractivity contribution is 5.75. The minimum absolute atomic E-state index is 0.163. The molecule has 0 bridgehead atoms.